The monoisotopic (exact) mass is 282 g/mol. The number of halogens is 1. The molecule has 1 aliphatic heterocycles. The number of hydrogen-bond acceptors (Lipinski definition) is 1. The first-order valence-electron chi connectivity index (χ1n) is 5.95. The first kappa shape index (κ1) is 12.0. The van der Waals surface area contributed by atoms with Crippen molar-refractivity contribution in [1.29, 1.82) is 0 Å². The smallest absolute Gasteiger partial charge is 0.123 e. The van der Waals surface area contributed by atoms with E-state index in [1.54, 1.807) is 0 Å². The number of hydrogen-bond donors (Lipinski definition) is 0. The van der Waals surface area contributed by atoms with Crippen LogP contribution >= 0.6 is 15.9 Å². The maximum absolute atomic E-state index is 6.02. The molecule has 0 saturated carbocycles. The highest BCUT2D eigenvalue weighted by Crippen LogP contribution is 2.44. The van der Waals surface area contributed by atoms with Gasteiger partial charge in [-0.3, -0.25) is 0 Å². The van der Waals surface area contributed by atoms with E-state index < -0.39 is 0 Å². The Labute approximate surface area is 106 Å². The summed E-state index contributed by atoms with van der Waals surface area (Å²) in [6.07, 6.45) is 2.23. The van der Waals surface area contributed by atoms with Crippen LogP contribution in [-0.4, -0.2) is 10.4 Å². The Bertz CT molecular complexity index is 373. The predicted molar refractivity (Wildman–Crippen MR) is 71.5 cm³/mol. The fourth-order valence-corrected chi connectivity index (χ4v) is 2.94. The second kappa shape index (κ2) is 4.40. The Hall–Kier alpha value is -0.500. The second-order valence-electron chi connectivity index (χ2n) is 5.13. The molecule has 1 nitrogen and oxygen atoms in total. The highest BCUT2D eigenvalue weighted by atomic mass is 79.9. The highest BCUT2D eigenvalue weighted by molar-refractivity contribution is 9.09. The minimum absolute atomic E-state index is 0.0553. The molecule has 0 radical (unpaired) electrons. The molecule has 0 amide bonds. The van der Waals surface area contributed by atoms with Crippen LogP contribution in [0.4, 0.5) is 0 Å². The SMILES string of the molecule is CCC(Br)C1CC(C)(C)Oc2ccccc21. The van der Waals surface area contributed by atoms with Crippen molar-refractivity contribution in [3.8, 4) is 5.75 Å². The lowest BCUT2D eigenvalue weighted by Crippen LogP contribution is -2.37. The van der Waals surface area contributed by atoms with Gasteiger partial charge in [0.25, 0.3) is 0 Å². The molecule has 2 atom stereocenters. The Morgan fingerprint density at radius 3 is 2.81 bits per heavy atom. The second-order valence-corrected chi connectivity index (χ2v) is 6.31. The van der Waals surface area contributed by atoms with Crippen molar-refractivity contribution in [1.82, 2.24) is 0 Å². The van der Waals surface area contributed by atoms with Gasteiger partial charge in [0.1, 0.15) is 11.4 Å². The van der Waals surface area contributed by atoms with Gasteiger partial charge in [-0.1, -0.05) is 41.1 Å². The lowest BCUT2D eigenvalue weighted by molar-refractivity contribution is 0.0716. The summed E-state index contributed by atoms with van der Waals surface area (Å²) in [5, 5.41) is 0. The van der Waals surface area contributed by atoms with E-state index in [1.807, 2.05) is 6.07 Å². The number of benzene rings is 1. The number of rotatable bonds is 2. The minimum atomic E-state index is -0.0553. The Morgan fingerprint density at radius 2 is 2.12 bits per heavy atom. The van der Waals surface area contributed by atoms with Crippen molar-refractivity contribution in [2.75, 3.05) is 0 Å². The van der Waals surface area contributed by atoms with Gasteiger partial charge in [0, 0.05) is 10.7 Å². The maximum Gasteiger partial charge on any atom is 0.123 e. The molecule has 0 bridgehead atoms. The standard InChI is InChI=1S/C14H19BrO/c1-4-12(15)11-9-14(2,3)16-13-8-6-5-7-10(11)13/h5-8,11-12H,4,9H2,1-3H3. The average Bonchev–Trinajstić information content (AvgIpc) is 2.25. The van der Waals surface area contributed by atoms with Crippen molar-refractivity contribution in [2.24, 2.45) is 0 Å². The lowest BCUT2D eigenvalue weighted by Gasteiger charge is -2.39. The van der Waals surface area contributed by atoms with Crippen molar-refractivity contribution < 1.29 is 4.74 Å². The molecule has 2 heteroatoms. The molecule has 0 N–H and O–H groups in total. The van der Waals surface area contributed by atoms with Crippen LogP contribution in [0.25, 0.3) is 0 Å². The van der Waals surface area contributed by atoms with Crippen LogP contribution in [0, 0.1) is 0 Å². The largest absolute Gasteiger partial charge is 0.488 e. The molecule has 2 unspecified atom stereocenters. The van der Waals surface area contributed by atoms with Gasteiger partial charge in [-0.15, -0.1) is 0 Å². The fraction of sp³-hybridized carbons (Fsp3) is 0.571. The Balaban J connectivity index is 2.39. The summed E-state index contributed by atoms with van der Waals surface area (Å²) < 4.78 is 6.02. The minimum Gasteiger partial charge on any atom is -0.488 e. The number of para-hydroxylation sites is 1. The van der Waals surface area contributed by atoms with Crippen LogP contribution in [0.1, 0.15) is 45.1 Å². The third-order valence-corrected chi connectivity index (χ3v) is 4.53. The maximum atomic E-state index is 6.02. The van der Waals surface area contributed by atoms with Gasteiger partial charge in [0.2, 0.25) is 0 Å². The fourth-order valence-electron chi connectivity index (χ4n) is 2.47. The summed E-state index contributed by atoms with van der Waals surface area (Å²) in [6.45, 7) is 6.57. The van der Waals surface area contributed by atoms with Crippen LogP contribution in [0.15, 0.2) is 24.3 Å². The quantitative estimate of drug-likeness (QED) is 0.726. The zero-order chi connectivity index (χ0) is 11.8. The molecule has 0 fully saturated rings. The molecule has 0 saturated heterocycles. The van der Waals surface area contributed by atoms with E-state index in [-0.39, 0.29) is 5.60 Å². The van der Waals surface area contributed by atoms with E-state index in [2.05, 4.69) is 54.9 Å². The molecular formula is C14H19BrO. The topological polar surface area (TPSA) is 9.23 Å². The third kappa shape index (κ3) is 2.27. The molecule has 0 aliphatic carbocycles. The normalized spacial score (nSPS) is 24.4. The summed E-state index contributed by atoms with van der Waals surface area (Å²) >= 11 is 3.80. The third-order valence-electron chi connectivity index (χ3n) is 3.24. The van der Waals surface area contributed by atoms with Gasteiger partial charge >= 0.3 is 0 Å². The Kier molecular flexibility index (Phi) is 3.29. The highest BCUT2D eigenvalue weighted by Gasteiger charge is 2.36. The molecule has 1 aromatic carbocycles. The van der Waals surface area contributed by atoms with Gasteiger partial charge < -0.3 is 4.74 Å². The van der Waals surface area contributed by atoms with E-state index in [0.29, 0.717) is 10.7 Å². The summed E-state index contributed by atoms with van der Waals surface area (Å²) in [7, 11) is 0. The van der Waals surface area contributed by atoms with Gasteiger partial charge in [0.15, 0.2) is 0 Å². The van der Waals surface area contributed by atoms with Crippen LogP contribution < -0.4 is 4.74 Å². The molecule has 2 rings (SSSR count). The zero-order valence-corrected chi connectivity index (χ0v) is 11.8. The first-order chi connectivity index (χ1) is 7.53. The number of fused-ring (bicyclic) bond motifs is 1. The van der Waals surface area contributed by atoms with Gasteiger partial charge in [-0.05, 0) is 38.3 Å². The van der Waals surface area contributed by atoms with Crippen molar-refractivity contribution >= 4 is 15.9 Å². The molecule has 1 aliphatic rings. The summed E-state index contributed by atoms with van der Waals surface area (Å²) in [5.74, 6) is 1.62. The Morgan fingerprint density at radius 1 is 1.44 bits per heavy atom. The van der Waals surface area contributed by atoms with E-state index in [0.717, 1.165) is 18.6 Å². The molecule has 0 spiro atoms. The van der Waals surface area contributed by atoms with Crippen LogP contribution in [0.5, 0.6) is 5.75 Å². The van der Waals surface area contributed by atoms with Gasteiger partial charge in [-0.2, -0.15) is 0 Å². The molecule has 0 aromatic heterocycles. The summed E-state index contributed by atoms with van der Waals surface area (Å²) in [5.41, 5.74) is 1.30. The number of alkyl halides is 1. The summed E-state index contributed by atoms with van der Waals surface area (Å²) in [4.78, 5) is 0.539. The zero-order valence-electron chi connectivity index (χ0n) is 10.2. The molecular weight excluding hydrogens is 264 g/mol. The molecule has 16 heavy (non-hydrogen) atoms. The summed E-state index contributed by atoms with van der Waals surface area (Å²) in [6, 6.07) is 8.42. The van der Waals surface area contributed by atoms with Crippen molar-refractivity contribution in [3.05, 3.63) is 29.8 Å². The van der Waals surface area contributed by atoms with Crippen LogP contribution in [0.3, 0.4) is 0 Å². The van der Waals surface area contributed by atoms with Gasteiger partial charge in [-0.25, -0.2) is 0 Å². The van der Waals surface area contributed by atoms with Crippen LogP contribution in [-0.2, 0) is 0 Å². The van der Waals surface area contributed by atoms with Gasteiger partial charge in [0.05, 0.1) is 0 Å². The predicted octanol–water partition coefficient (Wildman–Crippen LogP) is 4.50. The van der Waals surface area contributed by atoms with E-state index in [4.69, 9.17) is 4.74 Å². The average molecular weight is 283 g/mol. The van der Waals surface area contributed by atoms with E-state index >= 15 is 0 Å². The van der Waals surface area contributed by atoms with Crippen LogP contribution in [0.2, 0.25) is 0 Å². The molecule has 88 valence electrons. The number of ether oxygens (including phenoxy) is 1. The molecule has 1 heterocycles. The van der Waals surface area contributed by atoms with E-state index in [1.165, 1.54) is 5.56 Å². The first-order valence-corrected chi connectivity index (χ1v) is 6.87. The van der Waals surface area contributed by atoms with Crippen molar-refractivity contribution in [3.63, 3.8) is 0 Å². The van der Waals surface area contributed by atoms with Crippen molar-refractivity contribution in [2.45, 2.75) is 50.0 Å². The molecule has 1 aromatic rings. The lowest BCUT2D eigenvalue weighted by atomic mass is 9.82. The van der Waals surface area contributed by atoms with E-state index in [9.17, 15) is 0 Å².